The smallest absolute Gasteiger partial charge is 0.240 e. The van der Waals surface area contributed by atoms with Gasteiger partial charge in [-0.2, -0.15) is 0 Å². The van der Waals surface area contributed by atoms with Gasteiger partial charge in [0.15, 0.2) is 0 Å². The molecule has 0 unspecified atom stereocenters. The molecule has 1 amide bonds. The van der Waals surface area contributed by atoms with Crippen molar-refractivity contribution in [1.82, 2.24) is 10.0 Å². The van der Waals surface area contributed by atoms with Gasteiger partial charge in [0.1, 0.15) is 0 Å². The van der Waals surface area contributed by atoms with Gasteiger partial charge in [-0.25, -0.2) is 13.1 Å². The van der Waals surface area contributed by atoms with Gasteiger partial charge in [-0.3, -0.25) is 4.79 Å². The molecule has 134 valence electrons. The maximum absolute atomic E-state index is 12.2. The molecular weight excluding hydrogens is 326 g/mol. The average Bonchev–Trinajstić information content (AvgIpc) is 3.06. The number of rotatable bonds is 8. The second kappa shape index (κ2) is 8.60. The summed E-state index contributed by atoms with van der Waals surface area (Å²) in [5.74, 6) is -0.116. The standard InChI is InChI=1S/C17H27N3O3S/c1-3-13(2)20-24(22,23)16-10-8-15(9-11-16)19-17(21)12-18-14-6-4-5-7-14/h8-11,13-14,18,20H,3-7,12H2,1-2H3,(H,19,21)/t13-/m0/s1. The maximum atomic E-state index is 12.2. The Morgan fingerprint density at radius 2 is 1.83 bits per heavy atom. The molecule has 2 rings (SSSR count). The highest BCUT2D eigenvalue weighted by Gasteiger charge is 2.17. The van der Waals surface area contributed by atoms with Crippen molar-refractivity contribution in [3.05, 3.63) is 24.3 Å². The number of benzene rings is 1. The molecule has 0 bridgehead atoms. The highest BCUT2D eigenvalue weighted by atomic mass is 32.2. The van der Waals surface area contributed by atoms with Crippen LogP contribution in [0.5, 0.6) is 0 Å². The van der Waals surface area contributed by atoms with Crippen LogP contribution in [-0.4, -0.2) is 33.0 Å². The molecule has 1 saturated carbocycles. The molecule has 1 aromatic carbocycles. The van der Waals surface area contributed by atoms with E-state index in [2.05, 4.69) is 15.4 Å². The van der Waals surface area contributed by atoms with Crippen LogP contribution in [0.25, 0.3) is 0 Å². The van der Waals surface area contributed by atoms with Gasteiger partial charge < -0.3 is 10.6 Å². The minimum atomic E-state index is -3.51. The van der Waals surface area contributed by atoms with Crippen molar-refractivity contribution in [2.45, 2.75) is 62.9 Å². The van der Waals surface area contributed by atoms with Gasteiger partial charge in [-0.05, 0) is 50.5 Å². The van der Waals surface area contributed by atoms with Crippen molar-refractivity contribution in [2.75, 3.05) is 11.9 Å². The van der Waals surface area contributed by atoms with E-state index in [0.29, 0.717) is 11.7 Å². The van der Waals surface area contributed by atoms with Gasteiger partial charge in [0.05, 0.1) is 11.4 Å². The first-order valence-electron chi connectivity index (χ1n) is 8.56. The fourth-order valence-corrected chi connectivity index (χ4v) is 4.03. The summed E-state index contributed by atoms with van der Waals surface area (Å²) < 4.78 is 27.0. The first-order valence-corrected chi connectivity index (χ1v) is 10.0. The molecule has 1 atom stereocenters. The molecule has 0 radical (unpaired) electrons. The van der Waals surface area contributed by atoms with Gasteiger partial charge in [0, 0.05) is 17.8 Å². The number of hydrogen-bond acceptors (Lipinski definition) is 4. The lowest BCUT2D eigenvalue weighted by molar-refractivity contribution is -0.115. The van der Waals surface area contributed by atoms with Crippen LogP contribution < -0.4 is 15.4 Å². The Hall–Kier alpha value is -1.44. The zero-order chi connectivity index (χ0) is 17.6. The summed E-state index contributed by atoms with van der Waals surface area (Å²) in [4.78, 5) is 12.1. The van der Waals surface area contributed by atoms with Crippen molar-refractivity contribution in [1.29, 1.82) is 0 Å². The molecular formula is C17H27N3O3S. The van der Waals surface area contributed by atoms with E-state index in [1.54, 1.807) is 12.1 Å². The fourth-order valence-electron chi connectivity index (χ4n) is 2.71. The zero-order valence-electron chi connectivity index (χ0n) is 14.3. The summed E-state index contributed by atoms with van der Waals surface area (Å²) in [6, 6.07) is 6.55. The zero-order valence-corrected chi connectivity index (χ0v) is 15.2. The lowest BCUT2D eigenvalue weighted by atomic mass is 10.2. The average molecular weight is 353 g/mol. The Morgan fingerprint density at radius 1 is 1.21 bits per heavy atom. The Bertz CT molecular complexity index is 638. The third-order valence-corrected chi connectivity index (χ3v) is 5.93. The summed E-state index contributed by atoms with van der Waals surface area (Å²) in [6.07, 6.45) is 5.42. The van der Waals surface area contributed by atoms with E-state index < -0.39 is 10.0 Å². The molecule has 7 heteroatoms. The van der Waals surface area contributed by atoms with Crippen LogP contribution in [0.3, 0.4) is 0 Å². The Morgan fingerprint density at radius 3 is 2.42 bits per heavy atom. The van der Waals surface area contributed by atoms with Crippen molar-refractivity contribution in [3.63, 3.8) is 0 Å². The molecule has 1 aliphatic rings. The van der Waals surface area contributed by atoms with Crippen LogP contribution in [-0.2, 0) is 14.8 Å². The van der Waals surface area contributed by atoms with Crippen LogP contribution in [0.15, 0.2) is 29.2 Å². The lowest BCUT2D eigenvalue weighted by Crippen LogP contribution is -2.34. The maximum Gasteiger partial charge on any atom is 0.240 e. The molecule has 3 N–H and O–H groups in total. The number of sulfonamides is 1. The minimum absolute atomic E-state index is 0.115. The minimum Gasteiger partial charge on any atom is -0.325 e. The Labute approximate surface area is 144 Å². The Balaban J connectivity index is 1.88. The van der Waals surface area contributed by atoms with Crippen molar-refractivity contribution in [3.8, 4) is 0 Å². The van der Waals surface area contributed by atoms with Gasteiger partial charge in [-0.15, -0.1) is 0 Å². The van der Waals surface area contributed by atoms with E-state index in [9.17, 15) is 13.2 Å². The molecule has 6 nitrogen and oxygen atoms in total. The van der Waals surface area contributed by atoms with Gasteiger partial charge in [0.2, 0.25) is 15.9 Å². The fraction of sp³-hybridized carbons (Fsp3) is 0.588. The number of carbonyl (C=O) groups is 1. The van der Waals surface area contributed by atoms with Crippen molar-refractivity contribution in [2.24, 2.45) is 0 Å². The summed E-state index contributed by atoms with van der Waals surface area (Å²) in [5.41, 5.74) is 0.593. The summed E-state index contributed by atoms with van der Waals surface area (Å²) in [6.45, 7) is 4.02. The SMILES string of the molecule is CC[C@H](C)NS(=O)(=O)c1ccc(NC(=O)CNC2CCCC2)cc1. The largest absolute Gasteiger partial charge is 0.325 e. The highest BCUT2D eigenvalue weighted by molar-refractivity contribution is 7.89. The van der Waals surface area contributed by atoms with E-state index >= 15 is 0 Å². The van der Waals surface area contributed by atoms with Crippen molar-refractivity contribution < 1.29 is 13.2 Å². The highest BCUT2D eigenvalue weighted by Crippen LogP contribution is 2.17. The van der Waals surface area contributed by atoms with Crippen LogP contribution in [0.4, 0.5) is 5.69 Å². The van der Waals surface area contributed by atoms with Crippen LogP contribution >= 0.6 is 0 Å². The van der Waals surface area contributed by atoms with Crippen LogP contribution in [0, 0.1) is 0 Å². The van der Waals surface area contributed by atoms with Gasteiger partial charge in [0.25, 0.3) is 0 Å². The van der Waals surface area contributed by atoms with E-state index in [-0.39, 0.29) is 23.4 Å². The molecule has 24 heavy (non-hydrogen) atoms. The van der Waals surface area contributed by atoms with Crippen LogP contribution in [0.2, 0.25) is 0 Å². The second-order valence-corrected chi connectivity index (χ2v) is 8.08. The van der Waals surface area contributed by atoms with E-state index in [0.717, 1.165) is 19.3 Å². The third-order valence-electron chi connectivity index (χ3n) is 4.32. The van der Waals surface area contributed by atoms with E-state index in [1.165, 1.54) is 25.0 Å². The van der Waals surface area contributed by atoms with Gasteiger partial charge >= 0.3 is 0 Å². The number of carbonyl (C=O) groups excluding carboxylic acids is 1. The summed E-state index contributed by atoms with van der Waals surface area (Å²) >= 11 is 0. The number of anilines is 1. The number of hydrogen-bond donors (Lipinski definition) is 3. The molecule has 0 aromatic heterocycles. The Kier molecular flexibility index (Phi) is 6.77. The third kappa shape index (κ3) is 5.58. The number of nitrogens with one attached hydrogen (secondary N) is 3. The molecule has 1 aromatic rings. The molecule has 1 fully saturated rings. The quantitative estimate of drug-likeness (QED) is 0.669. The predicted molar refractivity (Wildman–Crippen MR) is 95.4 cm³/mol. The first-order chi connectivity index (χ1) is 11.4. The van der Waals surface area contributed by atoms with Gasteiger partial charge in [-0.1, -0.05) is 19.8 Å². The predicted octanol–water partition coefficient (Wildman–Crippen LogP) is 2.23. The summed E-state index contributed by atoms with van der Waals surface area (Å²) in [5, 5.41) is 6.03. The first kappa shape index (κ1) is 18.9. The van der Waals surface area contributed by atoms with Crippen molar-refractivity contribution >= 4 is 21.6 Å². The molecule has 0 heterocycles. The summed E-state index contributed by atoms with van der Waals surface area (Å²) in [7, 11) is -3.51. The second-order valence-electron chi connectivity index (χ2n) is 6.37. The molecule has 0 saturated heterocycles. The van der Waals surface area contributed by atoms with E-state index in [1.807, 2.05) is 13.8 Å². The topological polar surface area (TPSA) is 87.3 Å². The van der Waals surface area contributed by atoms with E-state index in [4.69, 9.17) is 0 Å². The lowest BCUT2D eigenvalue weighted by Gasteiger charge is -2.13. The molecule has 0 aliphatic heterocycles. The monoisotopic (exact) mass is 353 g/mol. The molecule has 0 spiro atoms. The molecule has 1 aliphatic carbocycles. The number of amides is 1. The normalized spacial score (nSPS) is 16.9. The van der Waals surface area contributed by atoms with Crippen LogP contribution in [0.1, 0.15) is 46.0 Å².